The van der Waals surface area contributed by atoms with E-state index in [4.69, 9.17) is 0 Å². The topological polar surface area (TPSA) is 12.0 Å². The lowest BCUT2D eigenvalue weighted by Crippen LogP contribution is -2.40. The molecule has 0 amide bonds. The average Bonchev–Trinajstić information content (AvgIpc) is 2.58. The summed E-state index contributed by atoms with van der Waals surface area (Å²) in [5, 5.41) is 3.61. The molecule has 2 bridgehead atoms. The summed E-state index contributed by atoms with van der Waals surface area (Å²) in [5.41, 5.74) is 2.06. The van der Waals surface area contributed by atoms with E-state index in [0.717, 1.165) is 5.92 Å². The predicted octanol–water partition coefficient (Wildman–Crippen LogP) is 3.38. The molecule has 0 spiro atoms. The van der Waals surface area contributed by atoms with Crippen LogP contribution in [0.15, 0.2) is 28.7 Å². The van der Waals surface area contributed by atoms with E-state index in [1.54, 1.807) is 0 Å². The number of benzene rings is 1. The fourth-order valence-corrected chi connectivity index (χ4v) is 3.73. The molecule has 0 aromatic heterocycles. The molecule has 86 valence electrons. The van der Waals surface area contributed by atoms with Crippen LogP contribution in [0.1, 0.15) is 24.8 Å². The van der Waals surface area contributed by atoms with E-state index in [1.165, 1.54) is 48.8 Å². The van der Waals surface area contributed by atoms with Crippen LogP contribution in [0.25, 0.3) is 0 Å². The van der Waals surface area contributed by atoms with Crippen molar-refractivity contribution in [2.24, 2.45) is 11.3 Å². The van der Waals surface area contributed by atoms with Crippen molar-refractivity contribution in [3.63, 3.8) is 0 Å². The van der Waals surface area contributed by atoms with E-state index < -0.39 is 0 Å². The van der Waals surface area contributed by atoms with Crippen molar-refractivity contribution in [3.8, 4) is 0 Å². The second kappa shape index (κ2) is 4.15. The Morgan fingerprint density at radius 2 is 2.12 bits per heavy atom. The molecule has 1 nitrogen and oxygen atoms in total. The highest BCUT2D eigenvalue weighted by molar-refractivity contribution is 9.10. The van der Waals surface area contributed by atoms with E-state index in [-0.39, 0.29) is 0 Å². The van der Waals surface area contributed by atoms with E-state index in [2.05, 4.69) is 45.5 Å². The molecule has 2 atom stereocenters. The molecule has 2 aliphatic rings. The summed E-state index contributed by atoms with van der Waals surface area (Å²) in [4.78, 5) is 0. The molecule has 1 saturated carbocycles. The second-order valence-electron chi connectivity index (χ2n) is 5.54. The fourth-order valence-electron chi connectivity index (χ4n) is 3.46. The lowest BCUT2D eigenvalue weighted by Gasteiger charge is -2.34. The van der Waals surface area contributed by atoms with E-state index in [1.807, 2.05) is 0 Å². The second-order valence-corrected chi connectivity index (χ2v) is 6.46. The molecule has 1 aliphatic carbocycles. The molecule has 2 heteroatoms. The Hall–Kier alpha value is -0.340. The van der Waals surface area contributed by atoms with Crippen LogP contribution in [-0.2, 0) is 6.42 Å². The van der Waals surface area contributed by atoms with Gasteiger partial charge in [-0.15, -0.1) is 0 Å². The summed E-state index contributed by atoms with van der Waals surface area (Å²) in [6, 6.07) is 8.85. The predicted molar refractivity (Wildman–Crippen MR) is 70.5 cm³/mol. The third kappa shape index (κ3) is 2.05. The highest BCUT2D eigenvalue weighted by Gasteiger charge is 2.41. The summed E-state index contributed by atoms with van der Waals surface area (Å²) in [6.45, 7) is 2.47. The van der Waals surface area contributed by atoms with Crippen LogP contribution in [0.4, 0.5) is 0 Å². The highest BCUT2D eigenvalue weighted by Crippen LogP contribution is 2.45. The van der Waals surface area contributed by atoms with Gasteiger partial charge in [-0.25, -0.2) is 0 Å². The van der Waals surface area contributed by atoms with Gasteiger partial charge in [0.2, 0.25) is 0 Å². The normalized spacial score (nSPS) is 32.9. The third-order valence-corrected chi connectivity index (χ3v) is 4.76. The summed E-state index contributed by atoms with van der Waals surface area (Å²) in [7, 11) is 0. The van der Waals surface area contributed by atoms with E-state index >= 15 is 0 Å². The van der Waals surface area contributed by atoms with Crippen molar-refractivity contribution in [1.82, 2.24) is 5.32 Å². The van der Waals surface area contributed by atoms with Crippen molar-refractivity contribution in [1.29, 1.82) is 0 Å². The van der Waals surface area contributed by atoms with Crippen LogP contribution in [0.2, 0.25) is 0 Å². The maximum atomic E-state index is 3.61. The highest BCUT2D eigenvalue weighted by atomic mass is 79.9. The van der Waals surface area contributed by atoms with Gasteiger partial charge in [0.15, 0.2) is 0 Å². The van der Waals surface area contributed by atoms with Gasteiger partial charge in [0, 0.05) is 11.0 Å². The Labute approximate surface area is 106 Å². The number of hydrogen-bond acceptors (Lipinski definition) is 1. The Morgan fingerprint density at radius 1 is 1.31 bits per heavy atom. The molecule has 2 unspecified atom stereocenters. The molecular weight excluding hydrogens is 262 g/mol. The van der Waals surface area contributed by atoms with Gasteiger partial charge in [-0.2, -0.15) is 0 Å². The molecule has 3 rings (SSSR count). The summed E-state index contributed by atoms with van der Waals surface area (Å²) in [6.07, 6.45) is 5.55. The van der Waals surface area contributed by atoms with Crippen molar-refractivity contribution in [3.05, 3.63) is 34.3 Å². The zero-order valence-electron chi connectivity index (χ0n) is 9.51. The smallest absolute Gasteiger partial charge is 0.0175 e. The molecule has 1 aromatic rings. The van der Waals surface area contributed by atoms with Gasteiger partial charge >= 0.3 is 0 Å². The Kier molecular flexibility index (Phi) is 2.80. The molecule has 1 aromatic carbocycles. The fraction of sp³-hybridized carbons (Fsp3) is 0.571. The molecule has 16 heavy (non-hydrogen) atoms. The standard InChI is InChI=1S/C14H18BrN/c15-13-3-1-11(2-4-13)7-14-6-5-12(8-14)9-16-10-14/h1-4,12,16H,5-10H2. The van der Waals surface area contributed by atoms with Crippen molar-refractivity contribution < 1.29 is 0 Å². The lowest BCUT2D eigenvalue weighted by atomic mass is 9.77. The zero-order chi connectivity index (χ0) is 11.0. The molecular formula is C14H18BrN. The van der Waals surface area contributed by atoms with Crippen LogP contribution in [0.5, 0.6) is 0 Å². The number of nitrogens with one attached hydrogen (secondary N) is 1. The van der Waals surface area contributed by atoms with Crippen LogP contribution in [0.3, 0.4) is 0 Å². The van der Waals surface area contributed by atoms with Crippen LogP contribution in [-0.4, -0.2) is 13.1 Å². The average molecular weight is 280 g/mol. The quantitative estimate of drug-likeness (QED) is 0.875. The number of fused-ring (bicyclic) bond motifs is 2. The van der Waals surface area contributed by atoms with Crippen molar-refractivity contribution in [2.45, 2.75) is 25.7 Å². The largest absolute Gasteiger partial charge is 0.316 e. The molecule has 1 saturated heterocycles. The third-order valence-electron chi connectivity index (χ3n) is 4.23. The Bertz CT molecular complexity index is 369. The van der Waals surface area contributed by atoms with Gasteiger partial charge in [-0.1, -0.05) is 28.1 Å². The first-order valence-corrected chi connectivity index (χ1v) is 7.00. The molecule has 1 heterocycles. The van der Waals surface area contributed by atoms with Crippen LogP contribution in [0, 0.1) is 11.3 Å². The number of rotatable bonds is 2. The molecule has 0 radical (unpaired) electrons. The summed E-state index contributed by atoms with van der Waals surface area (Å²) in [5.74, 6) is 0.948. The number of halogens is 1. The van der Waals surface area contributed by atoms with Gasteiger partial charge in [0.25, 0.3) is 0 Å². The molecule has 1 aliphatic heterocycles. The van der Waals surface area contributed by atoms with Gasteiger partial charge in [0.05, 0.1) is 0 Å². The zero-order valence-corrected chi connectivity index (χ0v) is 11.1. The van der Waals surface area contributed by atoms with E-state index in [0.29, 0.717) is 5.41 Å². The SMILES string of the molecule is Brc1ccc(CC23CCC(CNC2)C3)cc1. The van der Waals surface area contributed by atoms with Gasteiger partial charge < -0.3 is 5.32 Å². The maximum absolute atomic E-state index is 3.61. The van der Waals surface area contributed by atoms with Crippen molar-refractivity contribution in [2.75, 3.05) is 13.1 Å². The number of hydrogen-bond donors (Lipinski definition) is 1. The minimum Gasteiger partial charge on any atom is -0.316 e. The monoisotopic (exact) mass is 279 g/mol. The van der Waals surface area contributed by atoms with Gasteiger partial charge in [-0.05, 0) is 61.3 Å². The van der Waals surface area contributed by atoms with Gasteiger partial charge in [0.1, 0.15) is 0 Å². The van der Waals surface area contributed by atoms with Crippen LogP contribution >= 0.6 is 15.9 Å². The van der Waals surface area contributed by atoms with E-state index in [9.17, 15) is 0 Å². The number of piperidine rings is 1. The lowest BCUT2D eigenvalue weighted by molar-refractivity contribution is 0.229. The maximum Gasteiger partial charge on any atom is 0.0175 e. The summed E-state index contributed by atoms with van der Waals surface area (Å²) < 4.78 is 1.18. The summed E-state index contributed by atoms with van der Waals surface area (Å²) >= 11 is 3.50. The minimum absolute atomic E-state index is 0.566. The van der Waals surface area contributed by atoms with Crippen LogP contribution < -0.4 is 5.32 Å². The Balaban J connectivity index is 1.76. The molecule has 2 fully saturated rings. The van der Waals surface area contributed by atoms with Gasteiger partial charge in [-0.3, -0.25) is 0 Å². The Morgan fingerprint density at radius 3 is 2.94 bits per heavy atom. The first-order valence-electron chi connectivity index (χ1n) is 6.21. The molecule has 1 N–H and O–H groups in total. The van der Waals surface area contributed by atoms with Crippen molar-refractivity contribution >= 4 is 15.9 Å². The minimum atomic E-state index is 0.566. The first-order chi connectivity index (χ1) is 7.76. The first kappa shape index (κ1) is 10.8.